The molecule has 3 aromatic rings. The third-order valence-corrected chi connectivity index (χ3v) is 10.9. The average Bonchev–Trinajstić information content (AvgIpc) is 3.25. The van der Waals surface area contributed by atoms with Gasteiger partial charge < -0.3 is 25.7 Å². The van der Waals surface area contributed by atoms with E-state index in [4.69, 9.17) is 27.8 Å². The number of methoxy groups -OCH3 is 1. The Kier molecular flexibility index (Phi) is 8.31. The third-order valence-electron chi connectivity index (χ3n) is 7.76. The van der Waals surface area contributed by atoms with E-state index < -0.39 is 16.1 Å². The Morgan fingerprint density at radius 1 is 1.24 bits per heavy atom. The van der Waals surface area contributed by atoms with Crippen molar-refractivity contribution in [3.05, 3.63) is 58.4 Å². The van der Waals surface area contributed by atoms with Crippen LogP contribution in [0.1, 0.15) is 50.1 Å². The van der Waals surface area contributed by atoms with Crippen molar-refractivity contribution in [1.29, 1.82) is 5.26 Å². The number of ether oxygens (including phenoxy) is 1. The molecule has 3 heterocycles. The SMILES string of the molecule is CO[C@H]1CN(c2nc(N)c(Sc3ccnc(N)c3Cl)nc2C#N)CC[C@@]12Cc1ccccc1[C@@H]2N[S+]([O-])C(C)(C)C. The van der Waals surface area contributed by atoms with E-state index in [1.54, 1.807) is 19.4 Å². The molecule has 1 saturated heterocycles. The maximum Gasteiger partial charge on any atom is 0.184 e. The Hall–Kier alpha value is -2.79. The first-order valence-corrected chi connectivity index (χ1v) is 15.5. The zero-order chi connectivity index (χ0) is 29.5. The van der Waals surface area contributed by atoms with Gasteiger partial charge in [-0.15, -0.1) is 4.72 Å². The second-order valence-electron chi connectivity index (χ2n) is 11.3. The first kappa shape index (κ1) is 29.7. The zero-order valence-electron chi connectivity index (χ0n) is 23.3. The molecule has 1 aromatic carbocycles. The van der Waals surface area contributed by atoms with Crippen LogP contribution in [0.3, 0.4) is 0 Å². The van der Waals surface area contributed by atoms with Crippen LogP contribution in [0, 0.1) is 16.7 Å². The topological polar surface area (TPSA) is 162 Å². The summed E-state index contributed by atoms with van der Waals surface area (Å²) in [5, 5.41) is 10.7. The van der Waals surface area contributed by atoms with Crippen LogP contribution in [-0.2, 0) is 22.5 Å². The average molecular weight is 613 g/mol. The first-order chi connectivity index (χ1) is 19.5. The number of nitrogen functional groups attached to an aromatic ring is 2. The van der Waals surface area contributed by atoms with Crippen molar-refractivity contribution in [3.63, 3.8) is 0 Å². The van der Waals surface area contributed by atoms with Crippen LogP contribution < -0.4 is 21.1 Å². The van der Waals surface area contributed by atoms with Crippen LogP contribution in [0.5, 0.6) is 0 Å². The summed E-state index contributed by atoms with van der Waals surface area (Å²) >= 11 is 6.21. The number of nitrogens with two attached hydrogens (primary N) is 2. The number of nitrogens with zero attached hydrogens (tertiary/aromatic N) is 5. The van der Waals surface area contributed by atoms with Crippen LogP contribution in [0.25, 0.3) is 0 Å². The molecule has 1 aliphatic carbocycles. The number of hydrogen-bond acceptors (Lipinski definition) is 11. The van der Waals surface area contributed by atoms with E-state index >= 15 is 0 Å². The number of halogens is 1. The highest BCUT2D eigenvalue weighted by molar-refractivity contribution is 7.99. The van der Waals surface area contributed by atoms with Gasteiger partial charge in [0.2, 0.25) is 0 Å². The molecule has 4 atom stereocenters. The van der Waals surface area contributed by atoms with Gasteiger partial charge in [0.05, 0.1) is 17.2 Å². The predicted molar refractivity (Wildman–Crippen MR) is 163 cm³/mol. The van der Waals surface area contributed by atoms with Gasteiger partial charge in [0.15, 0.2) is 17.3 Å². The van der Waals surface area contributed by atoms with Crippen molar-refractivity contribution in [1.82, 2.24) is 19.7 Å². The van der Waals surface area contributed by atoms with Crippen molar-refractivity contribution in [2.75, 3.05) is 36.6 Å². The number of piperidine rings is 1. The van der Waals surface area contributed by atoms with Gasteiger partial charge in [-0.3, -0.25) is 0 Å². The number of nitrogens with one attached hydrogen (secondary N) is 1. The van der Waals surface area contributed by atoms with Crippen molar-refractivity contribution < 1.29 is 9.29 Å². The van der Waals surface area contributed by atoms with Crippen molar-refractivity contribution in [2.24, 2.45) is 5.41 Å². The number of aromatic nitrogens is 3. The highest BCUT2D eigenvalue weighted by atomic mass is 35.5. The van der Waals surface area contributed by atoms with E-state index in [1.165, 1.54) is 17.3 Å². The number of fused-ring (bicyclic) bond motifs is 1. The fourth-order valence-electron chi connectivity index (χ4n) is 5.64. The van der Waals surface area contributed by atoms with E-state index in [2.05, 4.69) is 37.9 Å². The molecular weight excluding hydrogens is 580 g/mol. The number of anilines is 3. The summed E-state index contributed by atoms with van der Waals surface area (Å²) in [6.07, 6.45) is 2.80. The monoisotopic (exact) mass is 612 g/mol. The zero-order valence-corrected chi connectivity index (χ0v) is 25.7. The van der Waals surface area contributed by atoms with E-state index in [0.717, 1.165) is 12.0 Å². The van der Waals surface area contributed by atoms with E-state index in [-0.39, 0.29) is 34.9 Å². The summed E-state index contributed by atoms with van der Waals surface area (Å²) < 4.78 is 22.5. The van der Waals surface area contributed by atoms with Crippen molar-refractivity contribution >= 4 is 52.2 Å². The van der Waals surface area contributed by atoms with Gasteiger partial charge in [-0.25, -0.2) is 15.0 Å². The maximum absolute atomic E-state index is 13.3. The first-order valence-electron chi connectivity index (χ1n) is 13.2. The molecule has 1 aliphatic heterocycles. The van der Waals surface area contributed by atoms with Gasteiger partial charge in [0.1, 0.15) is 21.7 Å². The summed E-state index contributed by atoms with van der Waals surface area (Å²) in [4.78, 5) is 15.8. The summed E-state index contributed by atoms with van der Waals surface area (Å²) in [5.41, 5.74) is 14.4. The van der Waals surface area contributed by atoms with E-state index in [1.807, 2.05) is 37.8 Å². The van der Waals surface area contributed by atoms with Crippen molar-refractivity contribution in [3.8, 4) is 6.07 Å². The van der Waals surface area contributed by atoms with Gasteiger partial charge in [-0.05, 0) is 50.8 Å². The number of hydrogen-bond donors (Lipinski definition) is 3. The number of pyridine rings is 1. The molecule has 0 saturated carbocycles. The summed E-state index contributed by atoms with van der Waals surface area (Å²) in [6.45, 7) is 6.95. The number of rotatable bonds is 6. The highest BCUT2D eigenvalue weighted by Gasteiger charge is 2.56. The molecule has 2 aliphatic rings. The van der Waals surface area contributed by atoms with E-state index in [9.17, 15) is 9.81 Å². The molecule has 13 heteroatoms. The smallest absolute Gasteiger partial charge is 0.184 e. The van der Waals surface area contributed by atoms with Gasteiger partial charge in [0, 0.05) is 48.1 Å². The quantitative estimate of drug-likeness (QED) is 0.341. The minimum Gasteiger partial charge on any atom is -0.598 e. The normalized spacial score (nSPS) is 22.9. The molecule has 0 amide bonds. The van der Waals surface area contributed by atoms with Crippen LogP contribution in [0.15, 0.2) is 46.5 Å². The molecule has 0 bridgehead atoms. The van der Waals surface area contributed by atoms with Crippen molar-refractivity contribution in [2.45, 2.75) is 60.4 Å². The fourth-order valence-corrected chi connectivity index (χ4v) is 7.61. The van der Waals surface area contributed by atoms with Gasteiger partial charge in [0.25, 0.3) is 0 Å². The molecule has 41 heavy (non-hydrogen) atoms. The molecule has 10 nitrogen and oxygen atoms in total. The van der Waals surface area contributed by atoms with Crippen LogP contribution in [0.4, 0.5) is 17.5 Å². The molecule has 5 rings (SSSR count). The number of benzene rings is 1. The molecule has 1 unspecified atom stereocenters. The fraction of sp³-hybridized carbons (Fsp3) is 0.429. The second kappa shape index (κ2) is 11.5. The lowest BCUT2D eigenvalue weighted by molar-refractivity contribution is -0.0376. The lowest BCUT2D eigenvalue weighted by atomic mass is 9.71. The van der Waals surface area contributed by atoms with Gasteiger partial charge >= 0.3 is 0 Å². The second-order valence-corrected chi connectivity index (χ2v) is 14.7. The lowest BCUT2D eigenvalue weighted by Gasteiger charge is -2.48. The Morgan fingerprint density at radius 2 is 2.00 bits per heavy atom. The maximum atomic E-state index is 13.3. The summed E-state index contributed by atoms with van der Waals surface area (Å²) in [7, 11) is 1.70. The lowest BCUT2D eigenvalue weighted by Crippen LogP contribution is -2.57. The largest absolute Gasteiger partial charge is 0.598 e. The minimum absolute atomic E-state index is 0.156. The van der Waals surface area contributed by atoms with Crippen LogP contribution >= 0.6 is 23.4 Å². The Labute approximate surface area is 252 Å². The van der Waals surface area contributed by atoms with Gasteiger partial charge in [-0.2, -0.15) is 5.26 Å². The Morgan fingerprint density at radius 3 is 2.71 bits per heavy atom. The van der Waals surface area contributed by atoms with Crippen LogP contribution in [-0.4, -0.2) is 50.6 Å². The molecule has 5 N–H and O–H groups in total. The predicted octanol–water partition coefficient (Wildman–Crippen LogP) is 4.27. The Bertz CT molecular complexity index is 1500. The van der Waals surface area contributed by atoms with Gasteiger partial charge in [-0.1, -0.05) is 47.6 Å². The number of nitriles is 1. The third kappa shape index (κ3) is 5.55. The summed E-state index contributed by atoms with van der Waals surface area (Å²) in [6, 6.07) is 12.0. The minimum atomic E-state index is -1.28. The molecule has 1 spiro atoms. The molecule has 1 fully saturated rings. The molecular formula is C28H33ClN8O2S2. The molecule has 216 valence electrons. The summed E-state index contributed by atoms with van der Waals surface area (Å²) in [5.74, 6) is 0.782. The standard InChI is InChI=1S/C28H33ClN8O2S2/c1-27(2,3)41(38)36-22-17-8-6-5-7-16(17)13-28(22)10-12-37(15-20(28)39-4)25-18(14-30)34-26(24(32)35-25)40-19-9-11-33-23(31)21(19)29/h5-9,11,20,22,36H,10,12-13,15H2,1-4H3,(H2,31,33)(H2,32,35)/t20-,22-,28+,41?/m0/s1. The Balaban J connectivity index is 1.45. The molecule has 2 aromatic heterocycles. The van der Waals surface area contributed by atoms with E-state index in [0.29, 0.717) is 40.3 Å². The molecule has 0 radical (unpaired) electrons. The van der Waals surface area contributed by atoms with Crippen LogP contribution in [0.2, 0.25) is 5.02 Å². The highest BCUT2D eigenvalue weighted by Crippen LogP contribution is 2.54.